The second kappa shape index (κ2) is 10.2. The van der Waals surface area contributed by atoms with Gasteiger partial charge < -0.3 is 4.74 Å². The quantitative estimate of drug-likeness (QED) is 0.534. The van der Waals surface area contributed by atoms with Gasteiger partial charge in [-0.2, -0.15) is 0 Å². The van der Waals surface area contributed by atoms with E-state index in [0.717, 1.165) is 36.9 Å². The number of aryl methyl sites for hydroxylation is 2. The Morgan fingerprint density at radius 1 is 1.05 bits per heavy atom. The summed E-state index contributed by atoms with van der Waals surface area (Å²) in [7, 11) is 0. The minimum absolute atomic E-state index is 0.443. The number of amides is 1. The summed E-state index contributed by atoms with van der Waals surface area (Å²) in [5, 5.41) is 0. The number of carbonyl (C=O) groups is 1. The minimum Gasteiger partial charge on any atom is -0.409 e. The van der Waals surface area contributed by atoms with Crippen LogP contribution in [0, 0.1) is 0 Å². The van der Waals surface area contributed by atoms with Gasteiger partial charge in [0.05, 0.1) is 0 Å². The molecule has 0 aromatic heterocycles. The van der Waals surface area contributed by atoms with E-state index < -0.39 is 6.09 Å². The number of rotatable bonds is 9. The van der Waals surface area contributed by atoms with Crippen molar-refractivity contribution in [3.8, 4) is 5.75 Å². The lowest BCUT2D eigenvalue weighted by Crippen LogP contribution is -2.40. The Kier molecular flexibility index (Phi) is 8.51. The molecule has 1 aromatic carbocycles. The summed E-state index contributed by atoms with van der Waals surface area (Å²) < 4.78 is 5.47. The van der Waals surface area contributed by atoms with Crippen LogP contribution in [-0.4, -0.2) is 12.6 Å². The summed E-state index contributed by atoms with van der Waals surface area (Å²) in [5.41, 5.74) is 7.64. The molecule has 21 heavy (non-hydrogen) atoms. The molecule has 0 radical (unpaired) electrons. The van der Waals surface area contributed by atoms with Crippen molar-refractivity contribution in [1.82, 2.24) is 10.9 Å². The van der Waals surface area contributed by atoms with Gasteiger partial charge in [-0.25, -0.2) is 10.2 Å². The molecule has 2 N–H and O–H groups in total. The van der Waals surface area contributed by atoms with Gasteiger partial charge in [-0.3, -0.25) is 5.43 Å². The van der Waals surface area contributed by atoms with Crippen LogP contribution in [0.25, 0.3) is 0 Å². The van der Waals surface area contributed by atoms with Crippen molar-refractivity contribution in [2.45, 2.75) is 59.3 Å². The first-order valence-electron chi connectivity index (χ1n) is 8.04. The van der Waals surface area contributed by atoms with Crippen molar-refractivity contribution in [2.24, 2.45) is 0 Å². The molecule has 1 aromatic rings. The second-order valence-electron chi connectivity index (χ2n) is 5.11. The topological polar surface area (TPSA) is 50.4 Å². The van der Waals surface area contributed by atoms with E-state index in [9.17, 15) is 4.79 Å². The monoisotopic (exact) mass is 292 g/mol. The molecule has 4 heteroatoms. The Bertz CT molecular complexity index is 411. The number of benzene rings is 1. The summed E-state index contributed by atoms with van der Waals surface area (Å²) in [6.07, 6.45) is 5.93. The molecule has 0 aliphatic heterocycles. The Balaban J connectivity index is 2.44. The average molecular weight is 292 g/mol. The number of hydrazine groups is 1. The maximum Gasteiger partial charge on any atom is 0.427 e. The van der Waals surface area contributed by atoms with Crippen LogP contribution in [0.1, 0.15) is 57.6 Å². The predicted octanol–water partition coefficient (Wildman–Crippen LogP) is 3.98. The normalized spacial score (nSPS) is 10.4. The number of unbranched alkanes of at least 4 members (excludes halogenated alkanes) is 3. The largest absolute Gasteiger partial charge is 0.427 e. The molecule has 0 aliphatic rings. The van der Waals surface area contributed by atoms with Crippen LogP contribution in [0.2, 0.25) is 0 Å². The lowest BCUT2D eigenvalue weighted by atomic mass is 10.1. The molecule has 0 saturated carbocycles. The molecule has 1 amide bonds. The molecule has 0 atom stereocenters. The van der Waals surface area contributed by atoms with Gasteiger partial charge in [-0.05, 0) is 30.4 Å². The van der Waals surface area contributed by atoms with E-state index in [-0.39, 0.29) is 0 Å². The maximum absolute atomic E-state index is 11.8. The molecule has 0 bridgehead atoms. The van der Waals surface area contributed by atoms with Gasteiger partial charge in [0.2, 0.25) is 0 Å². The lowest BCUT2D eigenvalue weighted by molar-refractivity contribution is 0.194. The van der Waals surface area contributed by atoms with Gasteiger partial charge in [0.1, 0.15) is 5.75 Å². The van der Waals surface area contributed by atoms with Gasteiger partial charge in [-0.15, -0.1) is 0 Å². The molecule has 0 fully saturated rings. The van der Waals surface area contributed by atoms with Crippen LogP contribution < -0.4 is 15.6 Å². The van der Waals surface area contributed by atoms with Crippen molar-refractivity contribution in [3.63, 3.8) is 0 Å². The zero-order chi connectivity index (χ0) is 15.5. The van der Waals surface area contributed by atoms with Crippen LogP contribution in [0.15, 0.2) is 18.2 Å². The first-order valence-corrected chi connectivity index (χ1v) is 8.04. The zero-order valence-corrected chi connectivity index (χ0v) is 13.5. The van der Waals surface area contributed by atoms with Gasteiger partial charge in [0.25, 0.3) is 0 Å². The Hall–Kier alpha value is -1.55. The van der Waals surface area contributed by atoms with Crippen LogP contribution >= 0.6 is 0 Å². The Morgan fingerprint density at radius 2 is 1.71 bits per heavy atom. The van der Waals surface area contributed by atoms with Crippen LogP contribution in [-0.2, 0) is 12.8 Å². The third kappa shape index (κ3) is 6.17. The fourth-order valence-electron chi connectivity index (χ4n) is 2.22. The summed E-state index contributed by atoms with van der Waals surface area (Å²) in [4.78, 5) is 11.8. The van der Waals surface area contributed by atoms with Gasteiger partial charge in [0.15, 0.2) is 0 Å². The molecule has 0 aliphatic carbocycles. The number of carbonyl (C=O) groups excluding carboxylic acids is 1. The van der Waals surface area contributed by atoms with Crippen LogP contribution in [0.4, 0.5) is 4.79 Å². The number of nitrogens with one attached hydrogen (secondary N) is 2. The lowest BCUT2D eigenvalue weighted by Gasteiger charge is -2.14. The fraction of sp³-hybridized carbons (Fsp3) is 0.588. The SMILES string of the molecule is CCCCCCNNC(=O)Oc1c(CC)cccc1CC. The summed E-state index contributed by atoms with van der Waals surface area (Å²) in [5.74, 6) is 0.702. The number of hydrogen-bond acceptors (Lipinski definition) is 3. The molecule has 4 nitrogen and oxygen atoms in total. The molecule has 1 rings (SSSR count). The Morgan fingerprint density at radius 3 is 2.29 bits per heavy atom. The van der Waals surface area contributed by atoms with Crippen LogP contribution in [0.3, 0.4) is 0 Å². The summed E-state index contributed by atoms with van der Waals surface area (Å²) in [6, 6.07) is 6.01. The van der Waals surface area contributed by atoms with Crippen molar-refractivity contribution < 1.29 is 9.53 Å². The zero-order valence-electron chi connectivity index (χ0n) is 13.5. The third-order valence-corrected chi connectivity index (χ3v) is 3.48. The Labute approximate surface area is 128 Å². The van der Waals surface area contributed by atoms with E-state index in [4.69, 9.17) is 4.74 Å². The highest BCUT2D eigenvalue weighted by molar-refractivity contribution is 5.71. The second-order valence-corrected chi connectivity index (χ2v) is 5.11. The van der Waals surface area contributed by atoms with E-state index in [1.807, 2.05) is 18.2 Å². The number of para-hydroxylation sites is 1. The number of ether oxygens (including phenoxy) is 1. The first kappa shape index (κ1) is 17.5. The molecule has 118 valence electrons. The highest BCUT2D eigenvalue weighted by atomic mass is 16.6. The molecule has 0 unspecified atom stereocenters. The van der Waals surface area contributed by atoms with Crippen molar-refractivity contribution in [2.75, 3.05) is 6.54 Å². The minimum atomic E-state index is -0.443. The fourth-order valence-corrected chi connectivity index (χ4v) is 2.22. The molecular formula is C17H28N2O2. The first-order chi connectivity index (χ1) is 10.2. The molecular weight excluding hydrogens is 264 g/mol. The van der Waals surface area contributed by atoms with Gasteiger partial charge in [-0.1, -0.05) is 58.2 Å². The standard InChI is InChI=1S/C17H28N2O2/c1-4-7-8-9-13-18-19-17(20)21-16-14(5-2)11-10-12-15(16)6-3/h10-12,18H,4-9,13H2,1-3H3,(H,19,20). The van der Waals surface area contributed by atoms with Gasteiger partial charge in [0, 0.05) is 6.54 Å². The van der Waals surface area contributed by atoms with Crippen molar-refractivity contribution in [3.05, 3.63) is 29.3 Å². The maximum atomic E-state index is 11.8. The third-order valence-electron chi connectivity index (χ3n) is 3.48. The molecule has 0 saturated heterocycles. The highest BCUT2D eigenvalue weighted by Crippen LogP contribution is 2.25. The van der Waals surface area contributed by atoms with Gasteiger partial charge >= 0.3 is 6.09 Å². The summed E-state index contributed by atoms with van der Waals surface area (Å²) >= 11 is 0. The smallest absolute Gasteiger partial charge is 0.409 e. The van der Waals surface area contributed by atoms with E-state index >= 15 is 0 Å². The van der Waals surface area contributed by atoms with E-state index in [2.05, 4.69) is 31.6 Å². The van der Waals surface area contributed by atoms with E-state index in [0.29, 0.717) is 5.75 Å². The number of hydrogen-bond donors (Lipinski definition) is 2. The average Bonchev–Trinajstić information content (AvgIpc) is 2.51. The van der Waals surface area contributed by atoms with Crippen LogP contribution in [0.5, 0.6) is 5.75 Å². The molecule has 0 heterocycles. The van der Waals surface area contributed by atoms with Crippen molar-refractivity contribution in [1.29, 1.82) is 0 Å². The van der Waals surface area contributed by atoms with E-state index in [1.165, 1.54) is 19.3 Å². The van der Waals surface area contributed by atoms with Crippen molar-refractivity contribution >= 4 is 6.09 Å². The summed E-state index contributed by atoms with van der Waals surface area (Å²) in [6.45, 7) is 7.07. The predicted molar refractivity (Wildman–Crippen MR) is 86.5 cm³/mol. The van der Waals surface area contributed by atoms with E-state index in [1.54, 1.807) is 0 Å². The molecule has 0 spiro atoms. The highest BCUT2D eigenvalue weighted by Gasteiger charge is 2.11.